The molecule has 3 heterocycles. The summed E-state index contributed by atoms with van der Waals surface area (Å²) in [7, 11) is 0. The molecule has 2 aliphatic heterocycles. The van der Waals surface area contributed by atoms with E-state index in [4.69, 9.17) is 9.26 Å². The van der Waals surface area contributed by atoms with Gasteiger partial charge in [0.1, 0.15) is 5.54 Å². The summed E-state index contributed by atoms with van der Waals surface area (Å²) < 4.78 is 10.8. The van der Waals surface area contributed by atoms with Crippen molar-refractivity contribution in [1.82, 2.24) is 20.4 Å². The summed E-state index contributed by atoms with van der Waals surface area (Å²) in [6, 6.07) is -0.304. The van der Waals surface area contributed by atoms with Crippen molar-refractivity contribution in [3.05, 3.63) is 11.7 Å². The Kier molecular flexibility index (Phi) is 3.59. The van der Waals surface area contributed by atoms with Gasteiger partial charge in [-0.3, -0.25) is 9.69 Å². The molecule has 0 aromatic carbocycles. The fraction of sp³-hybridized carbons (Fsp3) is 0.750. The summed E-state index contributed by atoms with van der Waals surface area (Å²) in [5, 5.41) is 6.87. The molecule has 8 heteroatoms. The number of ether oxygens (including phenoxy) is 1. The Balaban J connectivity index is 1.41. The molecule has 2 saturated heterocycles. The summed E-state index contributed by atoms with van der Waals surface area (Å²) in [5.41, 5.74) is -0.895. The van der Waals surface area contributed by atoms with E-state index in [9.17, 15) is 9.59 Å². The molecule has 1 atom stereocenters. The summed E-state index contributed by atoms with van der Waals surface area (Å²) in [5.74, 6) is 0.982. The molecule has 1 saturated carbocycles. The average molecular weight is 334 g/mol. The van der Waals surface area contributed by atoms with E-state index in [1.54, 1.807) is 0 Å². The van der Waals surface area contributed by atoms with Crippen LogP contribution in [0.2, 0.25) is 0 Å². The Morgan fingerprint density at radius 1 is 1.25 bits per heavy atom. The Bertz CT molecular complexity index is 659. The second-order valence-electron chi connectivity index (χ2n) is 7.31. The number of urea groups is 1. The van der Waals surface area contributed by atoms with E-state index in [0.29, 0.717) is 31.3 Å². The monoisotopic (exact) mass is 334 g/mol. The second kappa shape index (κ2) is 5.54. The van der Waals surface area contributed by atoms with Gasteiger partial charge in [0.25, 0.3) is 5.91 Å². The van der Waals surface area contributed by atoms with Gasteiger partial charge in [0.2, 0.25) is 5.89 Å². The zero-order chi connectivity index (χ0) is 16.8. The molecule has 3 aliphatic rings. The van der Waals surface area contributed by atoms with E-state index in [1.165, 1.54) is 4.90 Å². The molecule has 3 amide bonds. The lowest BCUT2D eigenvalue weighted by Crippen LogP contribution is -2.44. The minimum atomic E-state index is -0.659. The van der Waals surface area contributed by atoms with Gasteiger partial charge >= 0.3 is 6.03 Å². The number of amides is 3. The highest BCUT2D eigenvalue weighted by molar-refractivity contribution is 6.07. The number of aromatic nitrogens is 2. The van der Waals surface area contributed by atoms with Gasteiger partial charge in [0.15, 0.2) is 5.82 Å². The number of carbonyl (C=O) groups excluding carboxylic acids is 2. The third kappa shape index (κ3) is 2.40. The highest BCUT2D eigenvalue weighted by atomic mass is 16.5. The first kappa shape index (κ1) is 15.6. The summed E-state index contributed by atoms with van der Waals surface area (Å²) in [6.07, 6.45) is 4.68. The van der Waals surface area contributed by atoms with Crippen molar-refractivity contribution in [3.8, 4) is 0 Å². The van der Waals surface area contributed by atoms with Crippen molar-refractivity contribution < 1.29 is 18.8 Å². The van der Waals surface area contributed by atoms with Crippen LogP contribution in [-0.2, 0) is 21.4 Å². The molecule has 130 valence electrons. The van der Waals surface area contributed by atoms with Crippen LogP contribution < -0.4 is 5.32 Å². The maximum Gasteiger partial charge on any atom is 0.325 e. The molecule has 1 aromatic rings. The predicted molar refractivity (Wildman–Crippen MR) is 82.2 cm³/mol. The van der Waals surface area contributed by atoms with Crippen molar-refractivity contribution in [3.63, 3.8) is 0 Å². The molecule has 1 aromatic heterocycles. The standard InChI is InChI=1S/C16H22N4O4/c1-15(7-9-23-10-15)12-17-11(19-24-12)4-8-20-13(21)16(18-14(20)22)5-2-3-6-16/h2-10H2,1H3,(H,18,22). The largest absolute Gasteiger partial charge is 0.380 e. The van der Waals surface area contributed by atoms with Crippen molar-refractivity contribution >= 4 is 11.9 Å². The van der Waals surface area contributed by atoms with Crippen LogP contribution in [0.4, 0.5) is 4.79 Å². The quantitative estimate of drug-likeness (QED) is 0.830. The minimum Gasteiger partial charge on any atom is -0.380 e. The van der Waals surface area contributed by atoms with Crippen LogP contribution in [0.15, 0.2) is 4.52 Å². The SMILES string of the molecule is CC1(c2nc(CCN3C(=O)NC4(CCCC4)C3=O)no2)CCOC1. The topological polar surface area (TPSA) is 97.6 Å². The summed E-state index contributed by atoms with van der Waals surface area (Å²) in [4.78, 5) is 30.5. The number of hydrogen-bond acceptors (Lipinski definition) is 6. The van der Waals surface area contributed by atoms with Gasteiger partial charge in [-0.2, -0.15) is 4.98 Å². The number of nitrogens with one attached hydrogen (secondary N) is 1. The van der Waals surface area contributed by atoms with Crippen LogP contribution in [0, 0.1) is 0 Å². The van der Waals surface area contributed by atoms with Crippen molar-refractivity contribution in [1.29, 1.82) is 0 Å². The Labute approximate surface area is 139 Å². The van der Waals surface area contributed by atoms with E-state index in [1.807, 2.05) is 6.92 Å². The van der Waals surface area contributed by atoms with Crippen molar-refractivity contribution in [2.24, 2.45) is 0 Å². The first-order chi connectivity index (χ1) is 11.5. The first-order valence-corrected chi connectivity index (χ1v) is 8.57. The molecule has 1 spiro atoms. The lowest BCUT2D eigenvalue weighted by Gasteiger charge is -2.19. The third-order valence-corrected chi connectivity index (χ3v) is 5.47. The predicted octanol–water partition coefficient (Wildman–Crippen LogP) is 1.15. The third-order valence-electron chi connectivity index (χ3n) is 5.47. The molecular weight excluding hydrogens is 312 g/mol. The lowest BCUT2D eigenvalue weighted by atomic mass is 9.90. The van der Waals surface area contributed by atoms with Crippen LogP contribution in [-0.4, -0.2) is 52.3 Å². The zero-order valence-electron chi connectivity index (χ0n) is 13.8. The van der Waals surface area contributed by atoms with Gasteiger partial charge in [0, 0.05) is 19.6 Å². The van der Waals surface area contributed by atoms with Crippen LogP contribution >= 0.6 is 0 Å². The van der Waals surface area contributed by atoms with Gasteiger partial charge in [-0.05, 0) is 26.2 Å². The molecule has 8 nitrogen and oxygen atoms in total. The Morgan fingerprint density at radius 2 is 2.04 bits per heavy atom. The maximum atomic E-state index is 12.6. The number of nitrogens with zero attached hydrogens (tertiary/aromatic N) is 3. The molecule has 1 unspecified atom stereocenters. The van der Waals surface area contributed by atoms with E-state index >= 15 is 0 Å². The number of rotatable bonds is 4. The normalized spacial score (nSPS) is 29.0. The van der Waals surface area contributed by atoms with Gasteiger partial charge in [-0.25, -0.2) is 4.79 Å². The van der Waals surface area contributed by atoms with Gasteiger partial charge in [-0.15, -0.1) is 0 Å². The molecule has 1 aliphatic carbocycles. The molecule has 3 fully saturated rings. The summed E-state index contributed by atoms with van der Waals surface area (Å²) in [6.45, 7) is 3.58. The van der Waals surface area contributed by atoms with E-state index in [-0.39, 0.29) is 23.9 Å². The molecule has 0 bridgehead atoms. The number of carbonyl (C=O) groups is 2. The van der Waals surface area contributed by atoms with Gasteiger partial charge < -0.3 is 14.6 Å². The van der Waals surface area contributed by atoms with Crippen molar-refractivity contribution in [2.75, 3.05) is 19.8 Å². The second-order valence-corrected chi connectivity index (χ2v) is 7.31. The zero-order valence-corrected chi connectivity index (χ0v) is 13.8. The Morgan fingerprint density at radius 3 is 2.75 bits per heavy atom. The summed E-state index contributed by atoms with van der Waals surface area (Å²) >= 11 is 0. The van der Waals surface area contributed by atoms with Gasteiger partial charge in [-0.1, -0.05) is 18.0 Å². The van der Waals surface area contributed by atoms with Crippen LogP contribution in [0.3, 0.4) is 0 Å². The average Bonchev–Trinajstić information content (AvgIpc) is 3.30. The van der Waals surface area contributed by atoms with Crippen LogP contribution in [0.5, 0.6) is 0 Å². The smallest absolute Gasteiger partial charge is 0.325 e. The highest BCUT2D eigenvalue weighted by Gasteiger charge is 2.52. The maximum absolute atomic E-state index is 12.6. The highest BCUT2D eigenvalue weighted by Crippen LogP contribution is 2.35. The first-order valence-electron chi connectivity index (χ1n) is 8.57. The fourth-order valence-corrected chi connectivity index (χ4v) is 3.84. The molecule has 24 heavy (non-hydrogen) atoms. The van der Waals surface area contributed by atoms with Gasteiger partial charge in [0.05, 0.1) is 12.0 Å². The number of hydrogen-bond donors (Lipinski definition) is 1. The van der Waals surface area contributed by atoms with Crippen LogP contribution in [0.1, 0.15) is 50.7 Å². The lowest BCUT2D eigenvalue weighted by molar-refractivity contribution is -0.131. The molecule has 4 rings (SSSR count). The van der Waals surface area contributed by atoms with E-state index in [2.05, 4.69) is 15.5 Å². The van der Waals surface area contributed by atoms with E-state index < -0.39 is 5.54 Å². The van der Waals surface area contributed by atoms with Crippen LogP contribution in [0.25, 0.3) is 0 Å². The van der Waals surface area contributed by atoms with E-state index in [0.717, 1.165) is 32.1 Å². The Hall–Kier alpha value is -1.96. The molecule has 0 radical (unpaired) electrons. The fourth-order valence-electron chi connectivity index (χ4n) is 3.84. The number of imide groups is 1. The molecular formula is C16H22N4O4. The van der Waals surface area contributed by atoms with Crippen molar-refractivity contribution in [2.45, 2.75) is 56.4 Å². The minimum absolute atomic E-state index is 0.107. The molecule has 1 N–H and O–H groups in total.